The van der Waals surface area contributed by atoms with Crippen molar-refractivity contribution in [3.8, 4) is 22.6 Å². The van der Waals surface area contributed by atoms with Crippen molar-refractivity contribution < 1.29 is 4.42 Å². The average molecular weight is 555 g/mol. The fourth-order valence-electron chi connectivity index (χ4n) is 6.59. The Hall–Kier alpha value is -5.68. The van der Waals surface area contributed by atoms with Crippen LogP contribution in [0, 0.1) is 0 Å². The van der Waals surface area contributed by atoms with Crippen LogP contribution in [-0.2, 0) is 6.42 Å². The van der Waals surface area contributed by atoms with Gasteiger partial charge in [-0.05, 0) is 48.5 Å². The van der Waals surface area contributed by atoms with E-state index in [2.05, 4.69) is 113 Å². The number of pyridine rings is 1. The molecule has 0 spiro atoms. The first kappa shape index (κ1) is 24.0. The first-order valence-electron chi connectivity index (χ1n) is 14.7. The van der Waals surface area contributed by atoms with Gasteiger partial charge in [-0.15, -0.1) is 0 Å². The lowest BCUT2D eigenvalue weighted by Crippen LogP contribution is -2.01. The van der Waals surface area contributed by atoms with Gasteiger partial charge in [-0.2, -0.15) is 0 Å². The lowest BCUT2D eigenvalue weighted by molar-refractivity contribution is 0.645. The van der Waals surface area contributed by atoms with Crippen LogP contribution >= 0.6 is 0 Å². The first-order valence-corrected chi connectivity index (χ1v) is 14.7. The van der Waals surface area contributed by atoms with E-state index in [1.165, 1.54) is 0 Å². The molecule has 204 valence electrons. The zero-order valence-electron chi connectivity index (χ0n) is 23.5. The van der Waals surface area contributed by atoms with E-state index in [0.717, 1.165) is 89.8 Å². The van der Waals surface area contributed by atoms with Gasteiger partial charge in [-0.25, -0.2) is 9.97 Å². The standard InChI is InChI=1S/C38H26N4O/c1-2-33-39-30-17-9-11-19-32(30)41(33)25-20-22-26(23-21-25)42-31-18-10-7-15-28(31)35-34-27-14-6-8-16-29(27)40-36(37(34)43-38(35)42)24-12-4-3-5-13-24/h3-23H,2H2,1H3. The van der Waals surface area contributed by atoms with E-state index in [-0.39, 0.29) is 0 Å². The van der Waals surface area contributed by atoms with E-state index >= 15 is 0 Å². The van der Waals surface area contributed by atoms with Gasteiger partial charge in [0.1, 0.15) is 11.5 Å². The lowest BCUT2D eigenvalue weighted by Gasteiger charge is -2.11. The van der Waals surface area contributed by atoms with Crippen LogP contribution in [0.25, 0.3) is 77.5 Å². The maximum atomic E-state index is 6.90. The van der Waals surface area contributed by atoms with Crippen LogP contribution in [0.4, 0.5) is 0 Å². The highest BCUT2D eigenvalue weighted by Gasteiger charge is 2.24. The number of fused-ring (bicyclic) bond motifs is 8. The third-order valence-electron chi connectivity index (χ3n) is 8.49. The summed E-state index contributed by atoms with van der Waals surface area (Å²) in [6, 6.07) is 44.3. The van der Waals surface area contributed by atoms with Gasteiger partial charge in [-0.1, -0.05) is 85.8 Å². The minimum absolute atomic E-state index is 0.809. The van der Waals surface area contributed by atoms with Gasteiger partial charge in [0.25, 0.3) is 0 Å². The predicted octanol–water partition coefficient (Wildman–Crippen LogP) is 9.65. The summed E-state index contributed by atoms with van der Waals surface area (Å²) in [6.45, 7) is 2.15. The summed E-state index contributed by atoms with van der Waals surface area (Å²) in [5.74, 6) is 1.05. The van der Waals surface area contributed by atoms with Gasteiger partial charge in [0.05, 0.1) is 27.5 Å². The Morgan fingerprint density at radius 2 is 1.19 bits per heavy atom. The van der Waals surface area contributed by atoms with Crippen molar-refractivity contribution in [3.05, 3.63) is 133 Å². The second-order valence-corrected chi connectivity index (χ2v) is 10.9. The predicted molar refractivity (Wildman–Crippen MR) is 175 cm³/mol. The maximum absolute atomic E-state index is 6.90. The Labute approximate surface area is 247 Å². The molecule has 0 aliphatic rings. The molecule has 0 amide bonds. The molecule has 0 aliphatic heterocycles. The van der Waals surface area contributed by atoms with Gasteiger partial charge >= 0.3 is 0 Å². The number of para-hydroxylation sites is 4. The summed E-state index contributed by atoms with van der Waals surface area (Å²) >= 11 is 0. The van der Waals surface area contributed by atoms with E-state index in [0.29, 0.717) is 0 Å². The topological polar surface area (TPSA) is 48.8 Å². The number of hydrogen-bond donors (Lipinski definition) is 0. The molecular formula is C38H26N4O. The van der Waals surface area contributed by atoms with E-state index in [1.54, 1.807) is 0 Å². The quantitative estimate of drug-likeness (QED) is 0.218. The van der Waals surface area contributed by atoms with Crippen molar-refractivity contribution in [2.45, 2.75) is 13.3 Å². The molecule has 9 aromatic rings. The van der Waals surface area contributed by atoms with Crippen molar-refractivity contribution >= 4 is 54.9 Å². The highest BCUT2D eigenvalue weighted by molar-refractivity contribution is 6.28. The van der Waals surface area contributed by atoms with Gasteiger partial charge in [0.2, 0.25) is 5.71 Å². The molecule has 0 atom stereocenters. The summed E-state index contributed by atoms with van der Waals surface area (Å²) in [6.07, 6.45) is 0.851. The summed E-state index contributed by atoms with van der Waals surface area (Å²) in [5, 5.41) is 4.46. The monoisotopic (exact) mass is 554 g/mol. The zero-order valence-corrected chi connectivity index (χ0v) is 23.5. The first-order chi connectivity index (χ1) is 21.3. The Bertz CT molecular complexity index is 2480. The molecule has 0 N–H and O–H groups in total. The third-order valence-corrected chi connectivity index (χ3v) is 8.49. The number of nitrogens with zero attached hydrogens (tertiary/aromatic N) is 4. The fourth-order valence-corrected chi connectivity index (χ4v) is 6.59. The highest BCUT2D eigenvalue weighted by atomic mass is 16.3. The van der Waals surface area contributed by atoms with Crippen LogP contribution in [0.15, 0.2) is 132 Å². The summed E-state index contributed by atoms with van der Waals surface area (Å²) in [7, 11) is 0. The molecule has 0 aliphatic carbocycles. The molecule has 0 fully saturated rings. The van der Waals surface area contributed by atoms with Crippen LogP contribution < -0.4 is 0 Å². The highest BCUT2D eigenvalue weighted by Crippen LogP contribution is 2.44. The van der Waals surface area contributed by atoms with Crippen molar-refractivity contribution in [3.63, 3.8) is 0 Å². The van der Waals surface area contributed by atoms with Crippen LogP contribution in [0.1, 0.15) is 12.7 Å². The van der Waals surface area contributed by atoms with Gasteiger partial charge in [0, 0.05) is 39.5 Å². The smallest absolute Gasteiger partial charge is 0.213 e. The SMILES string of the molecule is CCc1nc2ccccc2n1-c1ccc(-n2c3ccccc3c3c4c(oc32)c(-c2ccccc2)nc2ccccc24)cc1. The second kappa shape index (κ2) is 9.16. The number of furan rings is 1. The van der Waals surface area contributed by atoms with Crippen LogP contribution in [0.2, 0.25) is 0 Å². The molecule has 5 nitrogen and oxygen atoms in total. The zero-order chi connectivity index (χ0) is 28.5. The van der Waals surface area contributed by atoms with Gasteiger partial charge in [-0.3, -0.25) is 9.13 Å². The number of hydrogen-bond acceptors (Lipinski definition) is 3. The number of aromatic nitrogens is 4. The largest absolute Gasteiger partial charge is 0.437 e. The molecule has 5 aromatic carbocycles. The fraction of sp³-hybridized carbons (Fsp3) is 0.0526. The number of rotatable bonds is 4. The number of imidazole rings is 1. The molecule has 9 rings (SSSR count). The Morgan fingerprint density at radius 1 is 0.558 bits per heavy atom. The molecule has 0 saturated heterocycles. The average Bonchev–Trinajstić information content (AvgIpc) is 3.74. The van der Waals surface area contributed by atoms with Crippen LogP contribution in [-0.4, -0.2) is 19.1 Å². The molecule has 0 unspecified atom stereocenters. The molecule has 43 heavy (non-hydrogen) atoms. The van der Waals surface area contributed by atoms with E-state index in [4.69, 9.17) is 14.4 Å². The Balaban J connectivity index is 1.33. The molecule has 0 radical (unpaired) electrons. The lowest BCUT2D eigenvalue weighted by atomic mass is 10.0. The van der Waals surface area contributed by atoms with E-state index < -0.39 is 0 Å². The van der Waals surface area contributed by atoms with E-state index in [9.17, 15) is 0 Å². The number of aryl methyl sites for hydroxylation is 1. The van der Waals surface area contributed by atoms with Crippen molar-refractivity contribution in [1.29, 1.82) is 0 Å². The minimum Gasteiger partial charge on any atom is -0.437 e. The molecule has 5 heteroatoms. The molecule has 0 saturated carbocycles. The van der Waals surface area contributed by atoms with Crippen LogP contribution in [0.5, 0.6) is 0 Å². The van der Waals surface area contributed by atoms with Crippen molar-refractivity contribution in [2.75, 3.05) is 0 Å². The summed E-state index contributed by atoms with van der Waals surface area (Å²) in [5.41, 5.74) is 9.84. The minimum atomic E-state index is 0.809. The molecule has 4 aromatic heterocycles. The summed E-state index contributed by atoms with van der Waals surface area (Å²) in [4.78, 5) is 9.98. The Kier molecular flexibility index (Phi) is 5.11. The second-order valence-electron chi connectivity index (χ2n) is 10.9. The molecular weight excluding hydrogens is 528 g/mol. The van der Waals surface area contributed by atoms with E-state index in [1.807, 2.05) is 30.3 Å². The normalized spacial score (nSPS) is 11.9. The third kappa shape index (κ3) is 3.45. The van der Waals surface area contributed by atoms with Gasteiger partial charge < -0.3 is 4.42 Å². The number of benzene rings is 5. The summed E-state index contributed by atoms with van der Waals surface area (Å²) < 4.78 is 11.4. The Morgan fingerprint density at radius 3 is 1.95 bits per heavy atom. The van der Waals surface area contributed by atoms with Crippen molar-refractivity contribution in [1.82, 2.24) is 19.1 Å². The van der Waals surface area contributed by atoms with Gasteiger partial charge in [0.15, 0.2) is 5.58 Å². The molecule has 0 bridgehead atoms. The van der Waals surface area contributed by atoms with Crippen molar-refractivity contribution in [2.24, 2.45) is 0 Å². The maximum Gasteiger partial charge on any atom is 0.213 e. The molecule has 4 heterocycles. The van der Waals surface area contributed by atoms with Crippen LogP contribution in [0.3, 0.4) is 0 Å².